The Morgan fingerprint density at radius 1 is 1.21 bits per heavy atom. The summed E-state index contributed by atoms with van der Waals surface area (Å²) in [5, 5.41) is 33.4. The van der Waals surface area contributed by atoms with E-state index in [0.29, 0.717) is 24.8 Å². The maximum Gasteiger partial charge on any atom is 0.333 e. The first-order valence-corrected chi connectivity index (χ1v) is 15.7. The van der Waals surface area contributed by atoms with Crippen molar-refractivity contribution in [1.29, 1.82) is 0 Å². The second-order valence-corrected chi connectivity index (χ2v) is 15.4. The molecule has 0 aromatic carbocycles. The van der Waals surface area contributed by atoms with Crippen LogP contribution in [-0.2, 0) is 23.8 Å². The number of cyclic esters (lactones) is 1. The van der Waals surface area contributed by atoms with E-state index in [4.69, 9.17) is 14.2 Å². The summed E-state index contributed by atoms with van der Waals surface area (Å²) >= 11 is 0. The van der Waals surface area contributed by atoms with Crippen molar-refractivity contribution in [2.24, 2.45) is 34.0 Å². The minimum absolute atomic E-state index is 0.00653. The van der Waals surface area contributed by atoms with E-state index in [0.717, 1.165) is 17.6 Å². The van der Waals surface area contributed by atoms with Crippen molar-refractivity contribution in [3.63, 3.8) is 0 Å². The van der Waals surface area contributed by atoms with E-state index in [1.54, 1.807) is 33.1 Å². The van der Waals surface area contributed by atoms with Crippen molar-refractivity contribution in [3.05, 3.63) is 47.3 Å². The topological polar surface area (TPSA) is 123 Å². The first kappa shape index (κ1) is 32.0. The van der Waals surface area contributed by atoms with E-state index in [1.807, 2.05) is 26.8 Å². The van der Waals surface area contributed by atoms with E-state index in [9.17, 15) is 24.9 Å². The first-order valence-electron chi connectivity index (χ1n) is 15.7. The molecule has 0 amide bonds. The molecule has 0 aromatic heterocycles. The molecule has 43 heavy (non-hydrogen) atoms. The number of esters is 2. The summed E-state index contributed by atoms with van der Waals surface area (Å²) in [6, 6.07) is 0. The van der Waals surface area contributed by atoms with Gasteiger partial charge in [-0.05, 0) is 83.1 Å². The van der Waals surface area contributed by atoms with E-state index in [1.165, 1.54) is 6.08 Å². The first-order chi connectivity index (χ1) is 19.8. The number of carbonyl (C=O) groups is 2. The summed E-state index contributed by atoms with van der Waals surface area (Å²) in [6.45, 7) is 16.9. The lowest BCUT2D eigenvalue weighted by atomic mass is 9.39. The molecule has 0 saturated heterocycles. The Morgan fingerprint density at radius 2 is 1.88 bits per heavy atom. The molecule has 2 heterocycles. The quantitative estimate of drug-likeness (QED) is 0.231. The van der Waals surface area contributed by atoms with Gasteiger partial charge in [-0.25, -0.2) is 9.59 Å². The van der Waals surface area contributed by atoms with Crippen LogP contribution in [0.1, 0.15) is 88.0 Å². The highest BCUT2D eigenvalue weighted by molar-refractivity contribution is 5.87. The van der Waals surface area contributed by atoms with E-state index in [-0.39, 0.29) is 23.7 Å². The van der Waals surface area contributed by atoms with Crippen LogP contribution < -0.4 is 0 Å². The minimum atomic E-state index is -1.31. The molecule has 2 fully saturated rings. The molecule has 238 valence electrons. The molecule has 0 radical (unpaired) electrons. The van der Waals surface area contributed by atoms with Crippen LogP contribution >= 0.6 is 0 Å². The number of allylic oxidation sites excluding steroid dienone is 3. The standard InChI is InChI=1S/C35H50O8/c1-10-19(2)30(39)42-23-17-34(8)21(20-15-22(41-18-20)29(38)31(3,4)40)11-12-24(34)35(9)26(36)16-25-32(5,6)43-27(37)13-14-33(25,7)28(23)35/h10,12-14,18,21-23,25-26,28-29,36,38,40H,11,15-17H2,1-9H3/b19-10+/t21-,22+,23+,25-,26+,28+,29-,33-,34-,35+/m0/s1. The summed E-state index contributed by atoms with van der Waals surface area (Å²) in [6.07, 6.45) is 8.39. The highest BCUT2D eigenvalue weighted by Gasteiger charge is 2.70. The second kappa shape index (κ2) is 10.3. The number of ether oxygens (including phenoxy) is 3. The third-order valence-electron chi connectivity index (χ3n) is 11.9. The van der Waals surface area contributed by atoms with Gasteiger partial charge >= 0.3 is 11.9 Å². The van der Waals surface area contributed by atoms with Crippen molar-refractivity contribution in [3.8, 4) is 0 Å². The summed E-state index contributed by atoms with van der Waals surface area (Å²) < 4.78 is 18.2. The third kappa shape index (κ3) is 4.83. The zero-order valence-electron chi connectivity index (χ0n) is 27.1. The van der Waals surface area contributed by atoms with Gasteiger partial charge in [-0.15, -0.1) is 0 Å². The highest BCUT2D eigenvalue weighted by atomic mass is 16.6. The number of rotatable bonds is 5. The van der Waals surface area contributed by atoms with Crippen LogP contribution in [0.5, 0.6) is 0 Å². The largest absolute Gasteiger partial charge is 0.495 e. The Kier molecular flexibility index (Phi) is 7.67. The predicted octanol–water partition coefficient (Wildman–Crippen LogP) is 4.93. The maximum absolute atomic E-state index is 13.4. The molecule has 0 aromatic rings. The van der Waals surface area contributed by atoms with Gasteiger partial charge in [0.1, 0.15) is 23.9 Å². The number of carbonyl (C=O) groups excluding carboxylic acids is 2. The average molecular weight is 599 g/mol. The maximum atomic E-state index is 13.4. The number of aliphatic hydroxyl groups excluding tert-OH is 2. The molecule has 3 aliphatic carbocycles. The Balaban J connectivity index is 1.60. The van der Waals surface area contributed by atoms with Crippen molar-refractivity contribution in [2.45, 2.75) is 124 Å². The molecule has 3 N–H and O–H groups in total. The number of aliphatic hydroxyl groups is 3. The lowest BCUT2D eigenvalue weighted by molar-refractivity contribution is -0.216. The third-order valence-corrected chi connectivity index (χ3v) is 11.9. The van der Waals surface area contributed by atoms with Crippen LogP contribution in [0.4, 0.5) is 0 Å². The number of hydrogen-bond donors (Lipinski definition) is 3. The van der Waals surface area contributed by atoms with Gasteiger partial charge in [0.15, 0.2) is 0 Å². The molecule has 0 bridgehead atoms. The predicted molar refractivity (Wildman–Crippen MR) is 161 cm³/mol. The Labute approximate surface area is 255 Å². The molecule has 0 unspecified atom stereocenters. The molecule has 10 atom stereocenters. The fourth-order valence-corrected chi connectivity index (χ4v) is 9.72. The van der Waals surface area contributed by atoms with Gasteiger partial charge in [-0.1, -0.05) is 44.6 Å². The molecular formula is C35H50O8. The molecule has 5 rings (SSSR count). The highest BCUT2D eigenvalue weighted by Crippen LogP contribution is 2.71. The van der Waals surface area contributed by atoms with Gasteiger partial charge in [0.05, 0.1) is 18.0 Å². The SMILES string of the molecule is C/C=C(\C)C(=O)O[C@@H]1C[C@]2(C)C(=CC[C@H]2C2=CO[C@@H]([C@H](O)C(C)(C)O)C2)[C@]2(C)[C@H](O)C[C@H]3C(C)(C)OC(=O)C=C[C@]3(C)[C@@H]12. The van der Waals surface area contributed by atoms with Gasteiger partial charge < -0.3 is 29.5 Å². The van der Waals surface area contributed by atoms with Gasteiger partial charge in [0, 0.05) is 35.3 Å². The van der Waals surface area contributed by atoms with Gasteiger partial charge in [0.2, 0.25) is 0 Å². The van der Waals surface area contributed by atoms with Crippen molar-refractivity contribution in [1.82, 2.24) is 0 Å². The molecule has 2 saturated carbocycles. The summed E-state index contributed by atoms with van der Waals surface area (Å²) in [5.41, 5.74) is -1.31. The number of fused-ring (bicyclic) bond motifs is 5. The Bertz CT molecular complexity index is 1300. The lowest BCUT2D eigenvalue weighted by Crippen LogP contribution is -2.67. The van der Waals surface area contributed by atoms with Crippen LogP contribution in [0.25, 0.3) is 0 Å². The van der Waals surface area contributed by atoms with E-state index < -0.39 is 57.8 Å². The second-order valence-electron chi connectivity index (χ2n) is 15.4. The molecule has 5 aliphatic rings. The monoisotopic (exact) mass is 598 g/mol. The molecule has 8 nitrogen and oxygen atoms in total. The number of hydrogen-bond acceptors (Lipinski definition) is 8. The summed E-state index contributed by atoms with van der Waals surface area (Å²) in [5.74, 6) is -1.33. The Hall–Kier alpha value is -2.42. The van der Waals surface area contributed by atoms with Gasteiger partial charge in [-0.2, -0.15) is 0 Å². The zero-order valence-corrected chi connectivity index (χ0v) is 27.1. The minimum Gasteiger partial charge on any atom is -0.495 e. The van der Waals surface area contributed by atoms with Crippen LogP contribution in [0.2, 0.25) is 0 Å². The fourth-order valence-electron chi connectivity index (χ4n) is 9.72. The normalized spacial score (nSPS) is 42.8. The van der Waals surface area contributed by atoms with Crippen LogP contribution in [-0.4, -0.2) is 62.9 Å². The van der Waals surface area contributed by atoms with Crippen LogP contribution in [0.3, 0.4) is 0 Å². The summed E-state index contributed by atoms with van der Waals surface area (Å²) in [4.78, 5) is 26.1. The molecule has 0 spiro atoms. The lowest BCUT2D eigenvalue weighted by Gasteiger charge is -2.66. The molecular weight excluding hydrogens is 548 g/mol. The van der Waals surface area contributed by atoms with Gasteiger partial charge in [0.25, 0.3) is 0 Å². The fraction of sp³-hybridized carbons (Fsp3) is 0.714. The van der Waals surface area contributed by atoms with Crippen LogP contribution in [0, 0.1) is 34.0 Å². The Morgan fingerprint density at radius 3 is 2.51 bits per heavy atom. The summed E-state index contributed by atoms with van der Waals surface area (Å²) in [7, 11) is 0. The zero-order chi connectivity index (χ0) is 31.9. The van der Waals surface area contributed by atoms with Gasteiger partial charge in [-0.3, -0.25) is 0 Å². The average Bonchev–Trinajstić information content (AvgIpc) is 3.50. The van der Waals surface area contributed by atoms with Crippen LogP contribution in [0.15, 0.2) is 47.3 Å². The molecule has 2 aliphatic heterocycles. The van der Waals surface area contributed by atoms with Crippen molar-refractivity contribution < 1.29 is 39.1 Å². The van der Waals surface area contributed by atoms with Crippen molar-refractivity contribution in [2.75, 3.05) is 0 Å². The van der Waals surface area contributed by atoms with E-state index >= 15 is 0 Å². The smallest absolute Gasteiger partial charge is 0.333 e. The van der Waals surface area contributed by atoms with E-state index in [2.05, 4.69) is 26.8 Å². The van der Waals surface area contributed by atoms with Crippen molar-refractivity contribution >= 4 is 11.9 Å². The molecule has 8 heteroatoms.